The monoisotopic (exact) mass is 288 g/mol. The fourth-order valence-electron chi connectivity index (χ4n) is 2.94. The summed E-state index contributed by atoms with van der Waals surface area (Å²) in [6, 6.07) is 8.86. The normalized spacial score (nSPS) is 18.4. The maximum Gasteiger partial charge on any atom is 0.230 e. The van der Waals surface area contributed by atoms with Gasteiger partial charge in [0.25, 0.3) is 0 Å². The first-order chi connectivity index (χ1) is 9.58. The number of para-hydroxylation sites is 1. The Morgan fingerprint density at radius 2 is 2.10 bits per heavy atom. The fraction of sp³-hybridized carbons (Fsp3) is 0.467. The molecule has 3 rings (SSSR count). The van der Waals surface area contributed by atoms with E-state index in [2.05, 4.69) is 64.7 Å². The molecule has 0 spiro atoms. The van der Waals surface area contributed by atoms with E-state index in [9.17, 15) is 0 Å². The number of hydrogen-bond donors (Lipinski definition) is 1. The lowest BCUT2D eigenvalue weighted by molar-refractivity contribution is 0.535. The zero-order valence-electron chi connectivity index (χ0n) is 12.1. The van der Waals surface area contributed by atoms with Crippen molar-refractivity contribution in [1.82, 2.24) is 14.8 Å². The molecule has 1 aliphatic heterocycles. The van der Waals surface area contributed by atoms with Crippen molar-refractivity contribution in [3.05, 3.63) is 34.6 Å². The second-order valence-corrected chi connectivity index (χ2v) is 6.23. The minimum atomic E-state index is 0.292. The number of nitrogens with zero attached hydrogens (tertiary/aromatic N) is 3. The number of rotatable bonds is 2. The number of aromatic nitrogens is 3. The summed E-state index contributed by atoms with van der Waals surface area (Å²) in [6.07, 6.45) is 1.12. The van der Waals surface area contributed by atoms with E-state index in [4.69, 9.17) is 12.2 Å². The Hall–Kier alpha value is -1.62. The molecule has 0 saturated heterocycles. The van der Waals surface area contributed by atoms with Crippen LogP contribution in [0.2, 0.25) is 0 Å². The molecule has 20 heavy (non-hydrogen) atoms. The minimum Gasteiger partial charge on any atom is -0.310 e. The number of aromatic amines is 1. The molecule has 0 aliphatic carbocycles. The molecular formula is C15H20N4S. The molecule has 5 heteroatoms. The van der Waals surface area contributed by atoms with Gasteiger partial charge in [0.1, 0.15) is 0 Å². The average Bonchev–Trinajstić information content (AvgIpc) is 2.79. The number of anilines is 2. The molecule has 1 aliphatic rings. The highest BCUT2D eigenvalue weighted by Crippen LogP contribution is 2.35. The van der Waals surface area contributed by atoms with Gasteiger partial charge in [-0.15, -0.1) is 5.10 Å². The molecule has 0 amide bonds. The molecule has 2 heterocycles. The summed E-state index contributed by atoms with van der Waals surface area (Å²) in [5.41, 5.74) is 2.64. The van der Waals surface area contributed by atoms with Crippen molar-refractivity contribution in [3.63, 3.8) is 0 Å². The fourth-order valence-corrected chi connectivity index (χ4v) is 3.28. The van der Waals surface area contributed by atoms with Gasteiger partial charge >= 0.3 is 0 Å². The van der Waals surface area contributed by atoms with Gasteiger partial charge in [-0.1, -0.05) is 25.1 Å². The molecule has 1 N–H and O–H groups in total. The van der Waals surface area contributed by atoms with E-state index >= 15 is 0 Å². The van der Waals surface area contributed by atoms with E-state index in [0.717, 1.165) is 18.9 Å². The van der Waals surface area contributed by atoms with E-state index < -0.39 is 0 Å². The topological polar surface area (TPSA) is 36.9 Å². The molecule has 2 aromatic rings. The highest BCUT2D eigenvalue weighted by Gasteiger charge is 2.26. The summed E-state index contributed by atoms with van der Waals surface area (Å²) in [7, 11) is 0. The molecule has 0 fully saturated rings. The third-order valence-electron chi connectivity index (χ3n) is 3.79. The first-order valence-corrected chi connectivity index (χ1v) is 7.51. The van der Waals surface area contributed by atoms with Crippen molar-refractivity contribution < 1.29 is 0 Å². The van der Waals surface area contributed by atoms with Crippen LogP contribution in [0, 0.1) is 10.7 Å². The standard InChI is InChI=1S/C15H20N4S/c1-10(2)19-14(16-17-15(19)20)18-9-11(3)8-12-6-4-5-7-13(12)18/h4-7,10-11H,8-9H2,1-3H3,(H,17,20). The molecule has 1 atom stereocenters. The Kier molecular flexibility index (Phi) is 3.38. The average molecular weight is 288 g/mol. The first kappa shape index (κ1) is 13.4. The molecule has 1 aromatic heterocycles. The maximum absolute atomic E-state index is 5.36. The number of benzene rings is 1. The first-order valence-electron chi connectivity index (χ1n) is 7.10. The predicted octanol–water partition coefficient (Wildman–Crippen LogP) is 3.85. The van der Waals surface area contributed by atoms with E-state index in [1.54, 1.807) is 0 Å². The maximum atomic E-state index is 5.36. The van der Waals surface area contributed by atoms with Gasteiger partial charge in [0.15, 0.2) is 4.77 Å². The van der Waals surface area contributed by atoms with Gasteiger partial charge in [-0.2, -0.15) is 0 Å². The lowest BCUT2D eigenvalue weighted by Gasteiger charge is -2.34. The van der Waals surface area contributed by atoms with Crippen LogP contribution >= 0.6 is 12.2 Å². The van der Waals surface area contributed by atoms with Crippen molar-refractivity contribution in [2.75, 3.05) is 11.4 Å². The van der Waals surface area contributed by atoms with Crippen LogP contribution in [0.15, 0.2) is 24.3 Å². The van der Waals surface area contributed by atoms with Crippen LogP contribution in [0.25, 0.3) is 0 Å². The van der Waals surface area contributed by atoms with E-state index in [1.165, 1.54) is 11.3 Å². The van der Waals surface area contributed by atoms with Crippen LogP contribution in [0.3, 0.4) is 0 Å². The van der Waals surface area contributed by atoms with Crippen LogP contribution in [0.1, 0.15) is 32.4 Å². The molecule has 4 nitrogen and oxygen atoms in total. The predicted molar refractivity (Wildman–Crippen MR) is 84.1 cm³/mol. The Bertz CT molecular complexity index is 671. The van der Waals surface area contributed by atoms with Gasteiger partial charge in [0.2, 0.25) is 5.95 Å². The van der Waals surface area contributed by atoms with Gasteiger partial charge in [-0.05, 0) is 50.0 Å². The van der Waals surface area contributed by atoms with Gasteiger partial charge in [0, 0.05) is 18.3 Å². The van der Waals surface area contributed by atoms with Crippen molar-refractivity contribution >= 4 is 23.9 Å². The summed E-state index contributed by atoms with van der Waals surface area (Å²) >= 11 is 5.36. The highest BCUT2D eigenvalue weighted by atomic mass is 32.1. The number of H-pyrrole nitrogens is 1. The summed E-state index contributed by atoms with van der Waals surface area (Å²) in [5.74, 6) is 1.53. The highest BCUT2D eigenvalue weighted by molar-refractivity contribution is 7.71. The SMILES string of the molecule is CC1Cc2ccccc2N(c2n[nH]c(=S)n2C(C)C)C1. The van der Waals surface area contributed by atoms with Crippen LogP contribution in [0.4, 0.5) is 11.6 Å². The lowest BCUT2D eigenvalue weighted by atomic mass is 9.94. The Morgan fingerprint density at radius 3 is 2.85 bits per heavy atom. The van der Waals surface area contributed by atoms with Crippen molar-refractivity contribution in [2.24, 2.45) is 5.92 Å². The number of nitrogens with one attached hydrogen (secondary N) is 1. The summed E-state index contributed by atoms with van der Waals surface area (Å²) in [5, 5.41) is 7.40. The summed E-state index contributed by atoms with van der Waals surface area (Å²) < 4.78 is 2.77. The molecule has 0 saturated carbocycles. The Morgan fingerprint density at radius 1 is 1.35 bits per heavy atom. The third-order valence-corrected chi connectivity index (χ3v) is 4.08. The van der Waals surface area contributed by atoms with Crippen LogP contribution in [-0.4, -0.2) is 21.3 Å². The molecule has 0 bridgehead atoms. The lowest BCUT2D eigenvalue weighted by Crippen LogP contribution is -2.32. The van der Waals surface area contributed by atoms with E-state index in [0.29, 0.717) is 16.7 Å². The van der Waals surface area contributed by atoms with Gasteiger partial charge < -0.3 is 4.90 Å². The zero-order valence-corrected chi connectivity index (χ0v) is 12.9. The zero-order chi connectivity index (χ0) is 14.3. The van der Waals surface area contributed by atoms with Crippen molar-refractivity contribution in [2.45, 2.75) is 33.2 Å². The second kappa shape index (κ2) is 5.05. The van der Waals surface area contributed by atoms with E-state index in [-0.39, 0.29) is 0 Å². The van der Waals surface area contributed by atoms with Crippen molar-refractivity contribution in [1.29, 1.82) is 0 Å². The summed E-state index contributed by atoms with van der Waals surface area (Å²) in [6.45, 7) is 7.52. The molecule has 1 unspecified atom stereocenters. The summed E-state index contributed by atoms with van der Waals surface area (Å²) in [4.78, 5) is 2.29. The molecule has 0 radical (unpaired) electrons. The molecular weight excluding hydrogens is 268 g/mol. The number of hydrogen-bond acceptors (Lipinski definition) is 3. The Labute approximate surface area is 124 Å². The Balaban J connectivity index is 2.14. The van der Waals surface area contributed by atoms with Gasteiger partial charge in [-0.3, -0.25) is 4.57 Å². The van der Waals surface area contributed by atoms with Gasteiger partial charge in [-0.25, -0.2) is 5.10 Å². The molecule has 106 valence electrons. The minimum absolute atomic E-state index is 0.292. The van der Waals surface area contributed by atoms with Crippen LogP contribution in [0.5, 0.6) is 0 Å². The number of fused-ring (bicyclic) bond motifs is 1. The second-order valence-electron chi connectivity index (χ2n) is 5.84. The van der Waals surface area contributed by atoms with E-state index in [1.807, 2.05) is 0 Å². The largest absolute Gasteiger partial charge is 0.310 e. The van der Waals surface area contributed by atoms with Crippen LogP contribution in [-0.2, 0) is 6.42 Å². The third kappa shape index (κ3) is 2.16. The smallest absolute Gasteiger partial charge is 0.230 e. The van der Waals surface area contributed by atoms with Crippen LogP contribution < -0.4 is 4.90 Å². The quantitative estimate of drug-likeness (QED) is 0.853. The van der Waals surface area contributed by atoms with Crippen molar-refractivity contribution in [3.8, 4) is 0 Å². The van der Waals surface area contributed by atoms with Gasteiger partial charge in [0.05, 0.1) is 0 Å². The molecule has 1 aromatic carbocycles.